The van der Waals surface area contributed by atoms with Gasteiger partial charge in [-0.2, -0.15) is 0 Å². The molecule has 0 heterocycles. The maximum absolute atomic E-state index is 13.1. The van der Waals surface area contributed by atoms with E-state index in [2.05, 4.69) is 63.7 Å². The molecule has 172 valence electrons. The average molecular weight is 732 g/mol. The Balaban J connectivity index is 2.06. The van der Waals surface area contributed by atoms with Gasteiger partial charge < -0.3 is 9.84 Å². The van der Waals surface area contributed by atoms with E-state index in [-0.39, 0.29) is 44.9 Å². The highest BCUT2D eigenvalue weighted by Crippen LogP contribution is 2.43. The van der Waals surface area contributed by atoms with Gasteiger partial charge in [0.1, 0.15) is 5.75 Å². The minimum absolute atomic E-state index is 0.0129. The molecule has 0 fully saturated rings. The van der Waals surface area contributed by atoms with Crippen molar-refractivity contribution in [3.63, 3.8) is 0 Å². The number of phenolic OH excluding ortho intramolecular Hbond substituents is 1. The lowest BCUT2D eigenvalue weighted by molar-refractivity contribution is -0.394. The number of halogens is 4. The molecule has 0 aliphatic rings. The van der Waals surface area contributed by atoms with E-state index in [0.29, 0.717) is 0 Å². The third-order valence-corrected chi connectivity index (χ3v) is 8.24. The van der Waals surface area contributed by atoms with Crippen LogP contribution in [-0.2, 0) is 9.84 Å². The molecule has 1 N–H and O–H groups in total. The number of nitrogens with zero attached hydrogens (tertiary/aromatic N) is 2. The Morgan fingerprint density at radius 3 is 1.73 bits per heavy atom. The number of phenols is 1. The molecule has 0 bridgehead atoms. The van der Waals surface area contributed by atoms with Crippen molar-refractivity contribution in [3.05, 3.63) is 80.6 Å². The first-order chi connectivity index (χ1) is 15.3. The molecule has 33 heavy (non-hydrogen) atoms. The van der Waals surface area contributed by atoms with Crippen LogP contribution in [0.3, 0.4) is 0 Å². The van der Waals surface area contributed by atoms with Crippen LogP contribution in [0.1, 0.15) is 0 Å². The fraction of sp³-hybridized carbons (Fsp3) is 0. The largest absolute Gasteiger partial charge is 0.506 e. The van der Waals surface area contributed by atoms with Crippen molar-refractivity contribution in [2.45, 2.75) is 9.79 Å². The van der Waals surface area contributed by atoms with Gasteiger partial charge in [-0.3, -0.25) is 20.2 Å². The number of aromatic hydroxyl groups is 1. The number of hydrogen-bond acceptors (Lipinski definition) is 8. The number of ether oxygens (including phenoxy) is 1. The molecule has 0 aliphatic heterocycles. The molecular weight excluding hydrogens is 724 g/mol. The molecule has 3 aromatic carbocycles. The van der Waals surface area contributed by atoms with E-state index in [4.69, 9.17) is 4.74 Å². The number of rotatable bonds is 6. The van der Waals surface area contributed by atoms with Gasteiger partial charge in [0.2, 0.25) is 15.6 Å². The first-order valence-electron chi connectivity index (χ1n) is 8.35. The lowest BCUT2D eigenvalue weighted by Crippen LogP contribution is -2.03. The van der Waals surface area contributed by atoms with Crippen molar-refractivity contribution in [1.29, 1.82) is 0 Å². The van der Waals surface area contributed by atoms with Crippen molar-refractivity contribution in [1.82, 2.24) is 0 Å². The Morgan fingerprint density at radius 2 is 1.27 bits per heavy atom. The molecule has 0 saturated heterocycles. The maximum atomic E-state index is 13.1. The van der Waals surface area contributed by atoms with E-state index >= 15 is 0 Å². The SMILES string of the molecule is O=[N+]([O-])c1ccc(Oc2c(Br)cc(S(=O)(=O)c3cc(Br)c(O)c(Br)c3)cc2Br)c([N+](=O)[O-])c1. The van der Waals surface area contributed by atoms with Gasteiger partial charge in [-0.1, -0.05) is 0 Å². The lowest BCUT2D eigenvalue weighted by Gasteiger charge is -2.13. The third kappa shape index (κ3) is 5.21. The van der Waals surface area contributed by atoms with E-state index in [1.807, 2.05) is 0 Å². The second kappa shape index (κ2) is 9.66. The quantitative estimate of drug-likeness (QED) is 0.213. The summed E-state index contributed by atoms with van der Waals surface area (Å²) in [5.41, 5.74) is -1.13. The van der Waals surface area contributed by atoms with E-state index in [0.717, 1.165) is 18.2 Å². The van der Waals surface area contributed by atoms with Gasteiger partial charge in [0.25, 0.3) is 5.69 Å². The van der Waals surface area contributed by atoms with Crippen LogP contribution < -0.4 is 4.74 Å². The average Bonchev–Trinajstić information content (AvgIpc) is 2.73. The number of benzene rings is 3. The predicted molar refractivity (Wildman–Crippen MR) is 131 cm³/mol. The highest BCUT2D eigenvalue weighted by molar-refractivity contribution is 9.11. The van der Waals surface area contributed by atoms with Gasteiger partial charge in [-0.15, -0.1) is 0 Å². The summed E-state index contributed by atoms with van der Waals surface area (Å²) in [6, 6.07) is 7.83. The van der Waals surface area contributed by atoms with Gasteiger partial charge in [0, 0.05) is 6.07 Å². The molecule has 0 aliphatic carbocycles. The molecule has 0 spiro atoms. The molecule has 0 unspecified atom stereocenters. The van der Waals surface area contributed by atoms with Gasteiger partial charge in [-0.25, -0.2) is 8.42 Å². The zero-order valence-electron chi connectivity index (χ0n) is 15.7. The molecular formula is C18H8Br4N2O8S. The first kappa shape index (κ1) is 25.6. The minimum Gasteiger partial charge on any atom is -0.506 e. The number of nitro groups is 2. The fourth-order valence-corrected chi connectivity index (χ4v) is 7.09. The zero-order chi connectivity index (χ0) is 24.7. The van der Waals surface area contributed by atoms with E-state index < -0.39 is 31.1 Å². The van der Waals surface area contributed by atoms with Crippen LogP contribution in [0, 0.1) is 20.2 Å². The first-order valence-corrected chi connectivity index (χ1v) is 13.0. The van der Waals surface area contributed by atoms with E-state index in [1.54, 1.807) is 0 Å². The van der Waals surface area contributed by atoms with Crippen LogP contribution in [0.4, 0.5) is 11.4 Å². The second-order valence-electron chi connectivity index (χ2n) is 6.22. The van der Waals surface area contributed by atoms with Gasteiger partial charge in [0.05, 0.1) is 43.6 Å². The Morgan fingerprint density at radius 1 is 0.788 bits per heavy atom. The maximum Gasteiger partial charge on any atom is 0.318 e. The third-order valence-electron chi connectivity index (χ3n) is 4.14. The topological polar surface area (TPSA) is 150 Å². The summed E-state index contributed by atoms with van der Waals surface area (Å²) in [7, 11) is -4.04. The Kier molecular flexibility index (Phi) is 7.48. The Bertz CT molecular complexity index is 1380. The van der Waals surface area contributed by atoms with Crippen LogP contribution >= 0.6 is 63.7 Å². The minimum atomic E-state index is -4.04. The standard InChI is InChI=1S/C18H8Br4N2O8S/c19-11-4-9(5-12(20)17(11)25)33(30,31)10-6-13(21)18(14(22)7-10)32-16-2-1-8(23(26)27)3-15(16)24(28)29/h1-7,25H. The summed E-state index contributed by atoms with van der Waals surface area (Å²) in [6.07, 6.45) is 0. The summed E-state index contributed by atoms with van der Waals surface area (Å²) in [4.78, 5) is 20.4. The van der Waals surface area contributed by atoms with Gasteiger partial charge >= 0.3 is 5.69 Å². The zero-order valence-corrected chi connectivity index (χ0v) is 22.8. The monoisotopic (exact) mass is 728 g/mol. The van der Waals surface area contributed by atoms with E-state index in [9.17, 15) is 33.8 Å². The Hall–Kier alpha value is -2.07. The highest BCUT2D eigenvalue weighted by Gasteiger charge is 2.26. The van der Waals surface area contributed by atoms with Crippen molar-refractivity contribution < 1.29 is 28.1 Å². The summed E-state index contributed by atoms with van der Waals surface area (Å²) >= 11 is 12.6. The van der Waals surface area contributed by atoms with Crippen molar-refractivity contribution in [2.24, 2.45) is 0 Å². The molecule has 3 aromatic rings. The highest BCUT2D eigenvalue weighted by atomic mass is 79.9. The smallest absolute Gasteiger partial charge is 0.318 e. The van der Waals surface area contributed by atoms with Crippen LogP contribution in [0.5, 0.6) is 17.2 Å². The number of sulfone groups is 1. The number of hydrogen-bond donors (Lipinski definition) is 1. The van der Waals surface area contributed by atoms with Crippen LogP contribution in [0.15, 0.2) is 70.1 Å². The molecule has 10 nitrogen and oxygen atoms in total. The van der Waals surface area contributed by atoms with Crippen LogP contribution in [-0.4, -0.2) is 23.4 Å². The van der Waals surface area contributed by atoms with Crippen molar-refractivity contribution in [2.75, 3.05) is 0 Å². The van der Waals surface area contributed by atoms with Crippen molar-refractivity contribution >= 4 is 84.9 Å². The van der Waals surface area contributed by atoms with E-state index in [1.165, 1.54) is 24.3 Å². The second-order valence-corrected chi connectivity index (χ2v) is 11.6. The molecule has 3 rings (SSSR count). The number of nitro benzene ring substituents is 2. The van der Waals surface area contributed by atoms with Crippen LogP contribution in [0.2, 0.25) is 0 Å². The lowest BCUT2D eigenvalue weighted by atomic mass is 10.2. The van der Waals surface area contributed by atoms with Gasteiger partial charge in [0.15, 0.2) is 5.75 Å². The fourth-order valence-electron chi connectivity index (χ4n) is 2.58. The normalized spacial score (nSPS) is 11.3. The number of non-ortho nitro benzene ring substituents is 1. The van der Waals surface area contributed by atoms with Crippen molar-refractivity contribution in [3.8, 4) is 17.2 Å². The summed E-state index contributed by atoms with van der Waals surface area (Å²) < 4.78 is 32.4. The molecule has 15 heteroatoms. The molecule has 0 radical (unpaired) electrons. The summed E-state index contributed by atoms with van der Waals surface area (Å²) in [6.45, 7) is 0. The van der Waals surface area contributed by atoms with Gasteiger partial charge in [-0.05, 0) is 94.1 Å². The molecule has 0 amide bonds. The molecule has 0 saturated carbocycles. The Labute approximate surface area is 219 Å². The summed E-state index contributed by atoms with van der Waals surface area (Å²) in [5, 5.41) is 32.1. The van der Waals surface area contributed by atoms with Crippen LogP contribution in [0.25, 0.3) is 0 Å². The molecule has 0 atom stereocenters. The summed E-state index contributed by atoms with van der Waals surface area (Å²) in [5.74, 6) is -0.433. The molecule has 0 aromatic heterocycles. The predicted octanol–water partition coefficient (Wildman–Crippen LogP) is 6.88.